The van der Waals surface area contributed by atoms with Crippen molar-refractivity contribution in [3.05, 3.63) is 113 Å². The van der Waals surface area contributed by atoms with Crippen LogP contribution >= 0.6 is 11.3 Å². The molecule has 152 valence electrons. The Morgan fingerprint density at radius 1 is 0.871 bits per heavy atom. The molecule has 5 rings (SSSR count). The van der Waals surface area contributed by atoms with Gasteiger partial charge in [-0.1, -0.05) is 48.5 Å². The molecule has 2 heterocycles. The molecule has 3 aromatic carbocycles. The van der Waals surface area contributed by atoms with Gasteiger partial charge in [-0.05, 0) is 47.2 Å². The molecule has 0 aliphatic rings. The van der Waals surface area contributed by atoms with Gasteiger partial charge in [0.15, 0.2) is 4.80 Å². The Bertz CT molecular complexity index is 1380. The zero-order valence-electron chi connectivity index (χ0n) is 16.8. The first kappa shape index (κ1) is 19.4. The largest absolute Gasteiger partial charge is 0.316 e. The van der Waals surface area contributed by atoms with Crippen LogP contribution in [0, 0.1) is 5.82 Å². The van der Waals surface area contributed by atoms with Crippen LogP contribution < -0.4 is 4.80 Å². The summed E-state index contributed by atoms with van der Waals surface area (Å²) in [6.45, 7) is 0.749. The number of halogens is 1. The molecule has 0 unspecified atom stereocenters. The molecule has 0 aliphatic heterocycles. The van der Waals surface area contributed by atoms with Crippen molar-refractivity contribution in [1.82, 2.24) is 9.55 Å². The Kier molecular flexibility index (Phi) is 5.42. The molecule has 31 heavy (non-hydrogen) atoms. The predicted molar refractivity (Wildman–Crippen MR) is 125 cm³/mol. The third-order valence-electron chi connectivity index (χ3n) is 5.23. The van der Waals surface area contributed by atoms with E-state index < -0.39 is 0 Å². The SMILES string of the molecule is Fc1ccc(N=c2scc(-c3cccc4ccccc34)n2CCc2ccccn2)cc1. The second-order valence-electron chi connectivity index (χ2n) is 7.24. The molecular formula is C26H20FN3S. The van der Waals surface area contributed by atoms with Crippen LogP contribution in [-0.2, 0) is 13.0 Å². The summed E-state index contributed by atoms with van der Waals surface area (Å²) < 4.78 is 15.6. The average molecular weight is 426 g/mol. The lowest BCUT2D eigenvalue weighted by atomic mass is 10.0. The van der Waals surface area contributed by atoms with Gasteiger partial charge < -0.3 is 4.57 Å². The third-order valence-corrected chi connectivity index (χ3v) is 6.10. The fourth-order valence-electron chi connectivity index (χ4n) is 3.70. The van der Waals surface area contributed by atoms with E-state index in [-0.39, 0.29) is 5.82 Å². The van der Waals surface area contributed by atoms with Crippen molar-refractivity contribution in [2.45, 2.75) is 13.0 Å². The van der Waals surface area contributed by atoms with Gasteiger partial charge in [-0.3, -0.25) is 4.98 Å². The molecule has 0 spiro atoms. The minimum Gasteiger partial charge on any atom is -0.316 e. The van der Waals surface area contributed by atoms with Crippen molar-refractivity contribution in [1.29, 1.82) is 0 Å². The molecule has 0 radical (unpaired) electrons. The van der Waals surface area contributed by atoms with E-state index in [4.69, 9.17) is 4.99 Å². The number of hydrogen-bond acceptors (Lipinski definition) is 3. The van der Waals surface area contributed by atoms with E-state index in [2.05, 4.69) is 57.4 Å². The highest BCUT2D eigenvalue weighted by atomic mass is 32.1. The molecule has 5 aromatic rings. The number of nitrogens with zero attached hydrogens (tertiary/aromatic N) is 3. The first-order valence-electron chi connectivity index (χ1n) is 10.1. The van der Waals surface area contributed by atoms with Crippen LogP contribution in [0.25, 0.3) is 22.0 Å². The first-order chi connectivity index (χ1) is 15.3. The molecule has 0 saturated carbocycles. The van der Waals surface area contributed by atoms with E-state index in [1.54, 1.807) is 23.5 Å². The Morgan fingerprint density at radius 2 is 1.68 bits per heavy atom. The molecule has 0 atom stereocenters. The van der Waals surface area contributed by atoms with E-state index in [1.807, 2.05) is 24.4 Å². The van der Waals surface area contributed by atoms with Gasteiger partial charge in [-0.15, -0.1) is 11.3 Å². The average Bonchev–Trinajstić information content (AvgIpc) is 3.21. The van der Waals surface area contributed by atoms with E-state index >= 15 is 0 Å². The standard InChI is InChI=1S/C26H20FN3S/c27-20-11-13-22(14-12-20)29-26-30(17-15-21-8-3-4-16-28-21)25(18-31-26)24-10-5-7-19-6-1-2-9-23(19)24/h1-14,16,18H,15,17H2. The van der Waals surface area contributed by atoms with Gasteiger partial charge >= 0.3 is 0 Å². The van der Waals surface area contributed by atoms with Crippen LogP contribution in [0.4, 0.5) is 10.1 Å². The third kappa shape index (κ3) is 4.18. The number of hydrogen-bond donors (Lipinski definition) is 0. The van der Waals surface area contributed by atoms with Gasteiger partial charge in [0.05, 0.1) is 11.4 Å². The molecule has 0 amide bonds. The van der Waals surface area contributed by atoms with Gasteiger partial charge in [-0.25, -0.2) is 9.38 Å². The number of rotatable bonds is 5. The number of pyridine rings is 1. The van der Waals surface area contributed by atoms with Crippen LogP contribution in [0.15, 0.2) is 101 Å². The van der Waals surface area contributed by atoms with Gasteiger partial charge in [0.2, 0.25) is 0 Å². The zero-order chi connectivity index (χ0) is 21.0. The lowest BCUT2D eigenvalue weighted by Gasteiger charge is -2.11. The maximum atomic E-state index is 13.3. The molecule has 0 N–H and O–H groups in total. The van der Waals surface area contributed by atoms with Crippen molar-refractivity contribution in [2.24, 2.45) is 4.99 Å². The van der Waals surface area contributed by atoms with Crippen molar-refractivity contribution >= 4 is 27.8 Å². The van der Waals surface area contributed by atoms with Crippen LogP contribution in [0.5, 0.6) is 0 Å². The van der Waals surface area contributed by atoms with Gasteiger partial charge in [0.1, 0.15) is 5.82 Å². The first-order valence-corrected chi connectivity index (χ1v) is 11.0. The minimum atomic E-state index is -0.260. The van der Waals surface area contributed by atoms with Crippen molar-refractivity contribution in [2.75, 3.05) is 0 Å². The van der Waals surface area contributed by atoms with E-state index in [0.717, 1.165) is 34.8 Å². The van der Waals surface area contributed by atoms with Gasteiger partial charge in [-0.2, -0.15) is 0 Å². The Labute approximate surface area is 183 Å². The maximum Gasteiger partial charge on any atom is 0.190 e. The molecule has 0 fully saturated rings. The molecule has 2 aromatic heterocycles. The Balaban J connectivity index is 1.64. The lowest BCUT2D eigenvalue weighted by Crippen LogP contribution is -2.17. The summed E-state index contributed by atoms with van der Waals surface area (Å²) in [5, 5.41) is 4.57. The second kappa shape index (κ2) is 8.66. The maximum absolute atomic E-state index is 13.3. The molecule has 0 aliphatic carbocycles. The fourth-order valence-corrected chi connectivity index (χ4v) is 4.64. The van der Waals surface area contributed by atoms with Crippen LogP contribution in [0.1, 0.15) is 5.69 Å². The summed E-state index contributed by atoms with van der Waals surface area (Å²) in [5.74, 6) is -0.260. The van der Waals surface area contributed by atoms with Crippen molar-refractivity contribution in [3.63, 3.8) is 0 Å². The monoisotopic (exact) mass is 425 g/mol. The van der Waals surface area contributed by atoms with Crippen molar-refractivity contribution in [3.8, 4) is 11.3 Å². The Hall–Kier alpha value is -3.57. The fraction of sp³-hybridized carbons (Fsp3) is 0.0769. The van der Waals surface area contributed by atoms with Crippen molar-refractivity contribution < 1.29 is 4.39 Å². The molecule has 0 bridgehead atoms. The normalized spacial score (nSPS) is 11.8. The summed E-state index contributed by atoms with van der Waals surface area (Å²) >= 11 is 1.60. The summed E-state index contributed by atoms with van der Waals surface area (Å²) in [4.78, 5) is 10.2. The number of aryl methyl sites for hydroxylation is 1. The molecule has 0 saturated heterocycles. The van der Waals surface area contributed by atoms with Crippen LogP contribution in [0.2, 0.25) is 0 Å². The predicted octanol–water partition coefficient (Wildman–Crippen LogP) is 6.38. The summed E-state index contributed by atoms with van der Waals surface area (Å²) in [6.07, 6.45) is 2.62. The Morgan fingerprint density at radius 3 is 2.52 bits per heavy atom. The minimum absolute atomic E-state index is 0.260. The van der Waals surface area contributed by atoms with Gasteiger partial charge in [0.25, 0.3) is 0 Å². The quantitative estimate of drug-likeness (QED) is 0.321. The highest BCUT2D eigenvalue weighted by Gasteiger charge is 2.11. The van der Waals surface area contributed by atoms with Gasteiger partial charge in [0, 0.05) is 35.8 Å². The summed E-state index contributed by atoms with van der Waals surface area (Å²) in [6, 6.07) is 27.1. The highest BCUT2D eigenvalue weighted by Crippen LogP contribution is 2.29. The number of benzene rings is 3. The molecule has 5 heteroatoms. The highest BCUT2D eigenvalue weighted by molar-refractivity contribution is 7.07. The van der Waals surface area contributed by atoms with Crippen LogP contribution in [-0.4, -0.2) is 9.55 Å². The second-order valence-corrected chi connectivity index (χ2v) is 8.08. The molecule has 3 nitrogen and oxygen atoms in total. The van der Waals surface area contributed by atoms with E-state index in [9.17, 15) is 4.39 Å². The topological polar surface area (TPSA) is 30.2 Å². The lowest BCUT2D eigenvalue weighted by molar-refractivity contribution is 0.628. The number of fused-ring (bicyclic) bond motifs is 1. The number of aromatic nitrogens is 2. The van der Waals surface area contributed by atoms with E-state index in [0.29, 0.717) is 0 Å². The van der Waals surface area contributed by atoms with Crippen LogP contribution in [0.3, 0.4) is 0 Å². The van der Waals surface area contributed by atoms with E-state index in [1.165, 1.54) is 28.5 Å². The molecular weight excluding hydrogens is 405 g/mol. The summed E-state index contributed by atoms with van der Waals surface area (Å²) in [7, 11) is 0. The number of thiazole rings is 1. The smallest absolute Gasteiger partial charge is 0.190 e. The summed E-state index contributed by atoms with van der Waals surface area (Å²) in [5.41, 5.74) is 4.08. The zero-order valence-corrected chi connectivity index (χ0v) is 17.6.